The van der Waals surface area contributed by atoms with E-state index in [0.29, 0.717) is 5.57 Å². The molecule has 0 aliphatic carbocycles. The number of nitrogens with two attached hydrogens (primary N) is 1. The van der Waals surface area contributed by atoms with Gasteiger partial charge in [-0.15, -0.1) is 0 Å². The van der Waals surface area contributed by atoms with Crippen molar-refractivity contribution in [3.8, 4) is 0 Å². The van der Waals surface area contributed by atoms with Crippen molar-refractivity contribution in [3.05, 3.63) is 34.8 Å². The lowest BCUT2D eigenvalue weighted by Crippen LogP contribution is -1.96. The van der Waals surface area contributed by atoms with Gasteiger partial charge < -0.3 is 5.73 Å². The number of allylic oxidation sites excluding steroid dienone is 5. The minimum atomic E-state index is -0.402. The maximum atomic E-state index is 13.5. The lowest BCUT2D eigenvalue weighted by Gasteiger charge is -2.07. The first-order valence-electron chi connectivity index (χ1n) is 4.14. The average molecular weight is 204 g/mol. The first kappa shape index (κ1) is 12.2. The van der Waals surface area contributed by atoms with Crippen LogP contribution in [0.3, 0.4) is 0 Å². The van der Waals surface area contributed by atoms with E-state index >= 15 is 0 Å². The molecule has 2 N–H and O–H groups in total. The Balaban J connectivity index is 5.09. The van der Waals surface area contributed by atoms with Gasteiger partial charge in [-0.1, -0.05) is 31.5 Å². The van der Waals surface area contributed by atoms with E-state index in [-0.39, 0.29) is 11.0 Å². The van der Waals surface area contributed by atoms with Crippen LogP contribution in [0.1, 0.15) is 20.8 Å². The van der Waals surface area contributed by atoms with Crippen molar-refractivity contribution < 1.29 is 4.39 Å². The number of halogens is 2. The van der Waals surface area contributed by atoms with Gasteiger partial charge in [-0.2, -0.15) is 0 Å². The highest BCUT2D eigenvalue weighted by Gasteiger charge is 2.10. The summed E-state index contributed by atoms with van der Waals surface area (Å²) in [5.41, 5.74) is 5.72. The van der Waals surface area contributed by atoms with Gasteiger partial charge in [0.1, 0.15) is 5.83 Å². The average Bonchev–Trinajstić information content (AvgIpc) is 2.11. The molecule has 0 aromatic carbocycles. The molecule has 0 heterocycles. The van der Waals surface area contributed by atoms with Gasteiger partial charge in [0.25, 0.3) is 0 Å². The van der Waals surface area contributed by atoms with Gasteiger partial charge in [0.05, 0.1) is 5.03 Å². The topological polar surface area (TPSA) is 26.0 Å². The van der Waals surface area contributed by atoms with Crippen LogP contribution in [-0.2, 0) is 0 Å². The Labute approximate surface area is 83.8 Å². The normalized spacial score (nSPS) is 15.4. The molecule has 0 bridgehead atoms. The zero-order valence-electron chi connectivity index (χ0n) is 8.14. The van der Waals surface area contributed by atoms with Crippen molar-refractivity contribution in [1.29, 1.82) is 0 Å². The van der Waals surface area contributed by atoms with Gasteiger partial charge in [0.2, 0.25) is 0 Å². The summed E-state index contributed by atoms with van der Waals surface area (Å²) >= 11 is 5.64. The van der Waals surface area contributed by atoms with E-state index in [4.69, 9.17) is 17.3 Å². The minimum Gasteiger partial charge on any atom is -0.405 e. The first-order valence-corrected chi connectivity index (χ1v) is 4.52. The predicted octanol–water partition coefficient (Wildman–Crippen LogP) is 3.48. The molecule has 0 aromatic heterocycles. The molecule has 74 valence electrons. The molecule has 0 aliphatic rings. The highest BCUT2D eigenvalue weighted by Crippen LogP contribution is 2.25. The van der Waals surface area contributed by atoms with Crippen molar-refractivity contribution in [2.45, 2.75) is 20.8 Å². The van der Waals surface area contributed by atoms with Crippen molar-refractivity contribution in [3.63, 3.8) is 0 Å². The van der Waals surface area contributed by atoms with Crippen LogP contribution in [0.2, 0.25) is 0 Å². The van der Waals surface area contributed by atoms with Crippen molar-refractivity contribution in [1.82, 2.24) is 0 Å². The SMILES string of the molecule is C\C=C(Cl)/C(F)=C(\C=C/N)C(C)C. The summed E-state index contributed by atoms with van der Waals surface area (Å²) in [5, 5.41) is 0.127. The van der Waals surface area contributed by atoms with Gasteiger partial charge in [-0.25, -0.2) is 4.39 Å². The monoisotopic (exact) mass is 203 g/mol. The van der Waals surface area contributed by atoms with E-state index < -0.39 is 5.83 Å². The maximum Gasteiger partial charge on any atom is 0.144 e. The van der Waals surface area contributed by atoms with Gasteiger partial charge in [-0.3, -0.25) is 0 Å². The predicted molar refractivity (Wildman–Crippen MR) is 55.9 cm³/mol. The molecular weight excluding hydrogens is 189 g/mol. The molecule has 0 spiro atoms. The molecule has 0 aliphatic heterocycles. The molecule has 1 nitrogen and oxygen atoms in total. The van der Waals surface area contributed by atoms with Gasteiger partial charge in [0.15, 0.2) is 0 Å². The molecule has 0 amide bonds. The smallest absolute Gasteiger partial charge is 0.144 e. The second-order valence-corrected chi connectivity index (χ2v) is 3.33. The van der Waals surface area contributed by atoms with Crippen LogP contribution in [0.15, 0.2) is 34.8 Å². The summed E-state index contributed by atoms with van der Waals surface area (Å²) in [7, 11) is 0. The fourth-order valence-corrected chi connectivity index (χ4v) is 0.996. The third-order valence-corrected chi connectivity index (χ3v) is 2.00. The molecule has 0 aromatic rings. The minimum absolute atomic E-state index is 0.0634. The number of rotatable bonds is 3. The number of hydrogen-bond acceptors (Lipinski definition) is 1. The Hall–Kier alpha value is -0.760. The Kier molecular flexibility index (Phi) is 5.47. The molecule has 13 heavy (non-hydrogen) atoms. The molecule has 0 saturated heterocycles. The summed E-state index contributed by atoms with van der Waals surface area (Å²) in [6.45, 7) is 5.45. The largest absolute Gasteiger partial charge is 0.405 e. The van der Waals surface area contributed by atoms with Crippen LogP contribution < -0.4 is 5.73 Å². The third-order valence-electron chi connectivity index (χ3n) is 1.61. The Morgan fingerprint density at radius 3 is 2.31 bits per heavy atom. The fraction of sp³-hybridized carbons (Fsp3) is 0.400. The van der Waals surface area contributed by atoms with Gasteiger partial charge in [-0.05, 0) is 30.7 Å². The lowest BCUT2D eigenvalue weighted by molar-refractivity contribution is 0.624. The van der Waals surface area contributed by atoms with Crippen LogP contribution in [0, 0.1) is 5.92 Å². The second kappa shape index (κ2) is 5.81. The molecule has 0 atom stereocenters. The van der Waals surface area contributed by atoms with E-state index in [1.165, 1.54) is 18.4 Å². The Bertz CT molecular complexity index is 252. The quantitative estimate of drug-likeness (QED) is 0.699. The Morgan fingerprint density at radius 1 is 1.46 bits per heavy atom. The fourth-order valence-electron chi connectivity index (χ4n) is 0.887. The van der Waals surface area contributed by atoms with Crippen molar-refractivity contribution in [2.24, 2.45) is 11.7 Å². The van der Waals surface area contributed by atoms with Crippen molar-refractivity contribution in [2.75, 3.05) is 0 Å². The summed E-state index contributed by atoms with van der Waals surface area (Å²) in [5.74, 6) is -0.339. The van der Waals surface area contributed by atoms with Gasteiger partial charge in [0, 0.05) is 0 Å². The standard InChI is InChI=1S/C10H15ClFN/c1-4-9(11)10(12)8(5-6-13)7(2)3/h4-7H,13H2,1-3H3/b6-5-,9-4+,10-8-. The molecule has 0 rings (SSSR count). The van der Waals surface area contributed by atoms with Crippen LogP contribution in [0.5, 0.6) is 0 Å². The highest BCUT2D eigenvalue weighted by molar-refractivity contribution is 6.31. The molecule has 0 radical (unpaired) electrons. The molecule has 3 heteroatoms. The van der Waals surface area contributed by atoms with E-state index in [2.05, 4.69) is 0 Å². The number of hydrogen-bond donors (Lipinski definition) is 1. The summed E-state index contributed by atoms with van der Waals surface area (Å²) in [6, 6.07) is 0. The van der Waals surface area contributed by atoms with Gasteiger partial charge >= 0.3 is 0 Å². The van der Waals surface area contributed by atoms with Crippen LogP contribution >= 0.6 is 11.6 Å². The highest BCUT2D eigenvalue weighted by atomic mass is 35.5. The van der Waals surface area contributed by atoms with E-state index in [1.54, 1.807) is 6.92 Å². The molecule has 0 unspecified atom stereocenters. The molecule has 0 saturated carbocycles. The first-order chi connectivity index (χ1) is 6.04. The summed E-state index contributed by atoms with van der Waals surface area (Å²) in [4.78, 5) is 0. The zero-order valence-corrected chi connectivity index (χ0v) is 8.90. The molecular formula is C10H15ClFN. The summed E-state index contributed by atoms with van der Waals surface area (Å²) < 4.78 is 13.5. The zero-order chi connectivity index (χ0) is 10.4. The van der Waals surface area contributed by atoms with E-state index in [1.807, 2.05) is 13.8 Å². The second-order valence-electron chi connectivity index (χ2n) is 2.92. The van der Waals surface area contributed by atoms with Crippen molar-refractivity contribution >= 4 is 11.6 Å². The Morgan fingerprint density at radius 2 is 2.00 bits per heavy atom. The van der Waals surface area contributed by atoms with Crippen LogP contribution in [-0.4, -0.2) is 0 Å². The lowest BCUT2D eigenvalue weighted by atomic mass is 10.0. The molecule has 0 fully saturated rings. The van der Waals surface area contributed by atoms with Crippen LogP contribution in [0.25, 0.3) is 0 Å². The maximum absolute atomic E-state index is 13.5. The summed E-state index contributed by atoms with van der Waals surface area (Å²) in [6.07, 6.45) is 4.37. The van der Waals surface area contributed by atoms with Crippen LogP contribution in [0.4, 0.5) is 4.39 Å². The van der Waals surface area contributed by atoms with E-state index in [9.17, 15) is 4.39 Å². The third kappa shape index (κ3) is 3.64. The van der Waals surface area contributed by atoms with E-state index in [0.717, 1.165) is 0 Å².